The number of aromatic nitrogens is 2. The van der Waals surface area contributed by atoms with Crippen LogP contribution in [0.25, 0.3) is 0 Å². The third-order valence-electron chi connectivity index (χ3n) is 1.95. The molecule has 1 aromatic rings. The summed E-state index contributed by atoms with van der Waals surface area (Å²) in [6.45, 7) is 6.40. The molecule has 0 saturated heterocycles. The van der Waals surface area contributed by atoms with Gasteiger partial charge in [-0.3, -0.25) is 5.32 Å². The van der Waals surface area contributed by atoms with E-state index in [9.17, 15) is 4.79 Å². The Labute approximate surface area is 105 Å². The average Bonchev–Trinajstić information content (AvgIpc) is 2.66. The number of amides is 2. The number of carbonyl (C=O) groups excluding carboxylic acids is 1. The number of ether oxygens (including phenoxy) is 1. The van der Waals surface area contributed by atoms with Crippen molar-refractivity contribution in [1.29, 1.82) is 0 Å². The molecule has 1 heterocycles. The van der Waals surface area contributed by atoms with Crippen LogP contribution in [-0.2, 0) is 4.74 Å². The molecule has 0 aliphatic carbocycles. The molecule has 0 aromatic carbocycles. The Bertz CT molecular complexity index is 367. The molecule has 6 nitrogen and oxygen atoms in total. The van der Waals surface area contributed by atoms with Crippen LogP contribution in [0, 0.1) is 0 Å². The van der Waals surface area contributed by atoms with Gasteiger partial charge in [-0.05, 0) is 6.92 Å². The van der Waals surface area contributed by atoms with E-state index in [-0.39, 0.29) is 12.1 Å². The lowest BCUT2D eigenvalue weighted by Crippen LogP contribution is -2.38. The zero-order valence-electron chi connectivity index (χ0n) is 10.5. The van der Waals surface area contributed by atoms with E-state index in [0.717, 1.165) is 5.01 Å². The molecule has 1 rings (SSSR count). The first-order chi connectivity index (χ1) is 8.02. The first kappa shape index (κ1) is 13.9. The lowest BCUT2D eigenvalue weighted by molar-refractivity contribution is 0.173. The van der Waals surface area contributed by atoms with Crippen molar-refractivity contribution in [3.63, 3.8) is 0 Å². The largest absolute Gasteiger partial charge is 0.383 e. The van der Waals surface area contributed by atoms with Crippen molar-refractivity contribution in [3.8, 4) is 0 Å². The molecule has 17 heavy (non-hydrogen) atoms. The van der Waals surface area contributed by atoms with E-state index in [4.69, 9.17) is 4.74 Å². The molecule has 2 amide bonds. The first-order valence-electron chi connectivity index (χ1n) is 5.42. The van der Waals surface area contributed by atoms with E-state index >= 15 is 0 Å². The third-order valence-corrected chi connectivity index (χ3v) is 3.09. The highest BCUT2D eigenvalue weighted by Crippen LogP contribution is 2.22. The van der Waals surface area contributed by atoms with Crippen LogP contribution < -0.4 is 10.6 Å². The van der Waals surface area contributed by atoms with Gasteiger partial charge in [0.05, 0.1) is 12.6 Å². The van der Waals surface area contributed by atoms with Crippen molar-refractivity contribution in [1.82, 2.24) is 15.5 Å². The van der Waals surface area contributed by atoms with Gasteiger partial charge in [0, 0.05) is 13.0 Å². The normalized spacial score (nSPS) is 12.5. The van der Waals surface area contributed by atoms with Crippen molar-refractivity contribution >= 4 is 22.5 Å². The SMILES string of the molecule is COCC(C)NC(=O)Nc1nnc(C(C)C)s1. The lowest BCUT2D eigenvalue weighted by atomic mass is 10.2. The molecular formula is C10H18N4O2S. The molecule has 0 bridgehead atoms. The van der Waals surface area contributed by atoms with Gasteiger partial charge in [0.2, 0.25) is 5.13 Å². The minimum absolute atomic E-state index is 0.0440. The van der Waals surface area contributed by atoms with Crippen LogP contribution >= 0.6 is 11.3 Å². The van der Waals surface area contributed by atoms with Gasteiger partial charge in [0.25, 0.3) is 0 Å². The Morgan fingerprint density at radius 2 is 2.12 bits per heavy atom. The molecule has 1 aromatic heterocycles. The fourth-order valence-electron chi connectivity index (χ4n) is 1.17. The number of rotatable bonds is 5. The highest BCUT2D eigenvalue weighted by atomic mass is 32.1. The molecule has 7 heteroatoms. The number of nitrogens with zero attached hydrogens (tertiary/aromatic N) is 2. The number of methoxy groups -OCH3 is 1. The smallest absolute Gasteiger partial charge is 0.321 e. The summed E-state index contributed by atoms with van der Waals surface area (Å²) in [6.07, 6.45) is 0. The van der Waals surface area contributed by atoms with Crippen LogP contribution in [0.4, 0.5) is 9.93 Å². The Hall–Kier alpha value is -1.21. The van der Waals surface area contributed by atoms with Crippen LogP contribution in [-0.4, -0.2) is 36.0 Å². The van der Waals surface area contributed by atoms with Gasteiger partial charge < -0.3 is 10.1 Å². The fourth-order valence-corrected chi connectivity index (χ4v) is 1.91. The molecule has 1 unspecified atom stereocenters. The maximum absolute atomic E-state index is 11.5. The summed E-state index contributed by atoms with van der Waals surface area (Å²) < 4.78 is 4.92. The van der Waals surface area contributed by atoms with Gasteiger partial charge >= 0.3 is 6.03 Å². The van der Waals surface area contributed by atoms with Crippen LogP contribution in [0.1, 0.15) is 31.7 Å². The van der Waals surface area contributed by atoms with Gasteiger partial charge in [0.15, 0.2) is 0 Å². The average molecular weight is 258 g/mol. The summed E-state index contributed by atoms with van der Waals surface area (Å²) in [4.78, 5) is 11.5. The summed E-state index contributed by atoms with van der Waals surface area (Å²) in [5, 5.41) is 14.7. The zero-order valence-corrected chi connectivity index (χ0v) is 11.3. The van der Waals surface area contributed by atoms with E-state index in [1.54, 1.807) is 7.11 Å². The van der Waals surface area contributed by atoms with Crippen molar-refractivity contribution in [2.45, 2.75) is 32.7 Å². The minimum atomic E-state index is -0.291. The Balaban J connectivity index is 2.44. The molecule has 0 saturated carbocycles. The fraction of sp³-hybridized carbons (Fsp3) is 0.700. The van der Waals surface area contributed by atoms with Crippen LogP contribution in [0.15, 0.2) is 0 Å². The number of hydrogen-bond acceptors (Lipinski definition) is 5. The van der Waals surface area contributed by atoms with E-state index in [1.165, 1.54) is 11.3 Å². The number of carbonyl (C=O) groups is 1. The van der Waals surface area contributed by atoms with Crippen LogP contribution in [0.2, 0.25) is 0 Å². The monoisotopic (exact) mass is 258 g/mol. The van der Waals surface area contributed by atoms with Gasteiger partial charge in [-0.25, -0.2) is 4.79 Å². The van der Waals surface area contributed by atoms with E-state index in [0.29, 0.717) is 17.7 Å². The molecule has 0 radical (unpaired) electrons. The Kier molecular flexibility index (Phi) is 5.30. The molecule has 0 aliphatic heterocycles. The molecular weight excluding hydrogens is 240 g/mol. The highest BCUT2D eigenvalue weighted by molar-refractivity contribution is 7.15. The number of hydrogen-bond donors (Lipinski definition) is 2. The van der Waals surface area contributed by atoms with E-state index in [1.807, 2.05) is 20.8 Å². The summed E-state index contributed by atoms with van der Waals surface area (Å²) in [7, 11) is 1.59. The Morgan fingerprint density at radius 1 is 1.41 bits per heavy atom. The molecule has 0 aliphatic rings. The Morgan fingerprint density at radius 3 is 2.65 bits per heavy atom. The second-order valence-electron chi connectivity index (χ2n) is 4.06. The molecule has 2 N–H and O–H groups in total. The second kappa shape index (κ2) is 6.51. The lowest BCUT2D eigenvalue weighted by Gasteiger charge is -2.12. The van der Waals surface area contributed by atoms with Gasteiger partial charge in [0.1, 0.15) is 5.01 Å². The molecule has 0 fully saturated rings. The van der Waals surface area contributed by atoms with Crippen molar-refractivity contribution in [2.75, 3.05) is 19.0 Å². The first-order valence-corrected chi connectivity index (χ1v) is 6.24. The van der Waals surface area contributed by atoms with E-state index in [2.05, 4.69) is 20.8 Å². The molecule has 0 spiro atoms. The van der Waals surface area contributed by atoms with Crippen molar-refractivity contribution in [3.05, 3.63) is 5.01 Å². The standard InChI is InChI=1S/C10H18N4O2S/c1-6(2)8-13-14-10(17-8)12-9(15)11-7(3)5-16-4/h6-7H,5H2,1-4H3,(H2,11,12,14,15). The molecule has 96 valence electrons. The highest BCUT2D eigenvalue weighted by Gasteiger charge is 2.11. The van der Waals surface area contributed by atoms with Gasteiger partial charge in [-0.15, -0.1) is 10.2 Å². The van der Waals surface area contributed by atoms with Crippen molar-refractivity contribution in [2.24, 2.45) is 0 Å². The number of nitrogens with one attached hydrogen (secondary N) is 2. The van der Waals surface area contributed by atoms with E-state index < -0.39 is 0 Å². The predicted molar refractivity (Wildman–Crippen MR) is 67.5 cm³/mol. The maximum Gasteiger partial charge on any atom is 0.321 e. The topological polar surface area (TPSA) is 76.1 Å². The minimum Gasteiger partial charge on any atom is -0.383 e. The number of anilines is 1. The summed E-state index contributed by atoms with van der Waals surface area (Å²) >= 11 is 1.38. The number of urea groups is 1. The van der Waals surface area contributed by atoms with Gasteiger partial charge in [-0.2, -0.15) is 0 Å². The van der Waals surface area contributed by atoms with Gasteiger partial charge in [-0.1, -0.05) is 25.2 Å². The summed E-state index contributed by atoms with van der Waals surface area (Å²) in [5.74, 6) is 0.318. The van der Waals surface area contributed by atoms with Crippen LogP contribution in [0.3, 0.4) is 0 Å². The summed E-state index contributed by atoms with van der Waals surface area (Å²) in [6, 6.07) is -0.335. The third kappa shape index (κ3) is 4.66. The van der Waals surface area contributed by atoms with Crippen molar-refractivity contribution < 1.29 is 9.53 Å². The second-order valence-corrected chi connectivity index (χ2v) is 5.06. The quantitative estimate of drug-likeness (QED) is 0.844. The zero-order chi connectivity index (χ0) is 12.8. The van der Waals surface area contributed by atoms with Crippen LogP contribution in [0.5, 0.6) is 0 Å². The predicted octanol–water partition coefficient (Wildman–Crippen LogP) is 1.82. The summed E-state index contributed by atoms with van der Waals surface area (Å²) in [5.41, 5.74) is 0. The maximum atomic E-state index is 11.5. The molecule has 1 atom stereocenters.